The fourth-order valence-corrected chi connectivity index (χ4v) is 1.39. The van der Waals surface area contributed by atoms with Crippen LogP contribution in [0.1, 0.15) is 12.0 Å². The van der Waals surface area contributed by atoms with E-state index in [0.29, 0.717) is 5.69 Å². The molecule has 0 aliphatic heterocycles. The van der Waals surface area contributed by atoms with Crippen LogP contribution in [0.15, 0.2) is 28.8 Å². The third kappa shape index (κ3) is 1.38. The average Bonchev–Trinajstić information content (AvgIpc) is 2.65. The van der Waals surface area contributed by atoms with Gasteiger partial charge in [-0.3, -0.25) is 0 Å². The van der Waals surface area contributed by atoms with Crippen LogP contribution in [0, 0.1) is 0 Å². The molecule has 0 saturated heterocycles. The van der Waals surface area contributed by atoms with Crippen LogP contribution in [-0.4, -0.2) is 19.4 Å². The van der Waals surface area contributed by atoms with Crippen molar-refractivity contribution in [1.82, 2.24) is 5.16 Å². The maximum atomic E-state index is 5.12. The zero-order chi connectivity index (χ0) is 9.97. The molecule has 4 heteroatoms. The fourth-order valence-electron chi connectivity index (χ4n) is 1.39. The lowest BCUT2D eigenvalue weighted by Gasteiger charge is -2.09. The highest BCUT2D eigenvalue weighted by Crippen LogP contribution is 2.25. The predicted molar refractivity (Wildman–Crippen MR) is 50.8 cm³/mol. The number of para-hydroxylation sites is 1. The lowest BCUT2D eigenvalue weighted by atomic mass is 10.2. The Labute approximate surface area is 81.4 Å². The smallest absolute Gasteiger partial charge is 0.204 e. The van der Waals surface area contributed by atoms with Gasteiger partial charge in [0.15, 0.2) is 5.58 Å². The minimum absolute atomic E-state index is 0.473. The van der Waals surface area contributed by atoms with E-state index in [2.05, 4.69) is 5.16 Å². The van der Waals surface area contributed by atoms with Gasteiger partial charge >= 0.3 is 0 Å². The standard InChI is InChI=1S/C10H11NO3/c1-12-10(13-2)9-7-5-3-4-6-8(7)14-11-9/h3-6,10H,1-2H3. The molecule has 1 aromatic heterocycles. The Kier molecular flexibility index (Phi) is 2.47. The summed E-state index contributed by atoms with van der Waals surface area (Å²) < 4.78 is 15.3. The second-order valence-electron chi connectivity index (χ2n) is 2.87. The number of hydrogen-bond donors (Lipinski definition) is 0. The van der Waals surface area contributed by atoms with E-state index in [1.165, 1.54) is 0 Å². The molecule has 0 aliphatic carbocycles. The van der Waals surface area contributed by atoms with Crippen LogP contribution < -0.4 is 0 Å². The van der Waals surface area contributed by atoms with Crippen LogP contribution in [-0.2, 0) is 9.47 Å². The highest BCUT2D eigenvalue weighted by atomic mass is 16.7. The SMILES string of the molecule is COC(OC)c1noc2ccccc12. The molecule has 0 fully saturated rings. The van der Waals surface area contributed by atoms with E-state index in [-0.39, 0.29) is 0 Å². The van der Waals surface area contributed by atoms with Crippen molar-refractivity contribution in [3.63, 3.8) is 0 Å². The van der Waals surface area contributed by atoms with Crippen molar-refractivity contribution in [1.29, 1.82) is 0 Å². The van der Waals surface area contributed by atoms with Gasteiger partial charge in [0.05, 0.1) is 5.39 Å². The minimum atomic E-state index is -0.473. The lowest BCUT2D eigenvalue weighted by molar-refractivity contribution is -0.109. The third-order valence-electron chi connectivity index (χ3n) is 2.06. The molecule has 0 radical (unpaired) electrons. The van der Waals surface area contributed by atoms with Gasteiger partial charge in [-0.2, -0.15) is 0 Å². The molecule has 0 atom stereocenters. The summed E-state index contributed by atoms with van der Waals surface area (Å²) >= 11 is 0. The number of methoxy groups -OCH3 is 2. The summed E-state index contributed by atoms with van der Waals surface area (Å²) in [4.78, 5) is 0. The molecular weight excluding hydrogens is 182 g/mol. The van der Waals surface area contributed by atoms with Gasteiger partial charge in [0.1, 0.15) is 5.69 Å². The lowest BCUT2D eigenvalue weighted by Crippen LogP contribution is -2.03. The second kappa shape index (κ2) is 3.77. The molecular formula is C10H11NO3. The fraction of sp³-hybridized carbons (Fsp3) is 0.300. The summed E-state index contributed by atoms with van der Waals surface area (Å²) in [7, 11) is 3.13. The summed E-state index contributed by atoms with van der Waals surface area (Å²) in [6.45, 7) is 0. The first-order valence-corrected chi connectivity index (χ1v) is 4.26. The number of benzene rings is 1. The molecule has 0 saturated carbocycles. The monoisotopic (exact) mass is 193 g/mol. The first-order chi connectivity index (χ1) is 6.86. The quantitative estimate of drug-likeness (QED) is 0.700. The molecule has 0 amide bonds. The van der Waals surface area contributed by atoms with E-state index in [1.54, 1.807) is 14.2 Å². The van der Waals surface area contributed by atoms with Gasteiger partial charge in [-0.1, -0.05) is 17.3 Å². The van der Waals surface area contributed by atoms with Crippen LogP contribution in [0.5, 0.6) is 0 Å². The Morgan fingerprint density at radius 2 is 1.93 bits per heavy atom. The molecule has 1 heterocycles. The molecule has 74 valence electrons. The summed E-state index contributed by atoms with van der Waals surface area (Å²) in [6, 6.07) is 7.59. The van der Waals surface area contributed by atoms with Gasteiger partial charge in [0, 0.05) is 14.2 Å². The Morgan fingerprint density at radius 3 is 2.64 bits per heavy atom. The molecule has 1 aromatic carbocycles. The van der Waals surface area contributed by atoms with E-state index in [1.807, 2.05) is 24.3 Å². The number of aromatic nitrogens is 1. The zero-order valence-electron chi connectivity index (χ0n) is 8.06. The first-order valence-electron chi connectivity index (χ1n) is 4.26. The van der Waals surface area contributed by atoms with Crippen LogP contribution in [0.25, 0.3) is 11.0 Å². The maximum absolute atomic E-state index is 5.12. The van der Waals surface area contributed by atoms with Crippen LogP contribution in [0.4, 0.5) is 0 Å². The van der Waals surface area contributed by atoms with Crippen molar-refractivity contribution in [3.05, 3.63) is 30.0 Å². The predicted octanol–water partition coefficient (Wildman–Crippen LogP) is 2.12. The minimum Gasteiger partial charge on any atom is -0.356 e. The van der Waals surface area contributed by atoms with Crippen molar-refractivity contribution >= 4 is 11.0 Å². The molecule has 0 bridgehead atoms. The van der Waals surface area contributed by atoms with Crippen LogP contribution in [0.2, 0.25) is 0 Å². The Bertz CT molecular complexity index is 420. The largest absolute Gasteiger partial charge is 0.356 e. The molecule has 14 heavy (non-hydrogen) atoms. The van der Waals surface area contributed by atoms with E-state index in [0.717, 1.165) is 11.0 Å². The molecule has 0 unspecified atom stereocenters. The molecule has 2 aromatic rings. The van der Waals surface area contributed by atoms with E-state index in [9.17, 15) is 0 Å². The molecule has 0 aliphatic rings. The van der Waals surface area contributed by atoms with Crippen molar-refractivity contribution in [2.45, 2.75) is 6.29 Å². The Balaban J connectivity index is 2.51. The highest BCUT2D eigenvalue weighted by Gasteiger charge is 2.17. The maximum Gasteiger partial charge on any atom is 0.204 e. The molecule has 4 nitrogen and oxygen atoms in total. The van der Waals surface area contributed by atoms with E-state index in [4.69, 9.17) is 14.0 Å². The van der Waals surface area contributed by atoms with Gasteiger partial charge in [-0.15, -0.1) is 0 Å². The Morgan fingerprint density at radius 1 is 1.21 bits per heavy atom. The normalized spacial score (nSPS) is 11.4. The molecule has 2 rings (SSSR count). The summed E-state index contributed by atoms with van der Waals surface area (Å²) in [5.41, 5.74) is 1.41. The number of nitrogens with zero attached hydrogens (tertiary/aromatic N) is 1. The number of rotatable bonds is 3. The second-order valence-corrected chi connectivity index (χ2v) is 2.87. The van der Waals surface area contributed by atoms with Crippen molar-refractivity contribution < 1.29 is 14.0 Å². The number of fused-ring (bicyclic) bond motifs is 1. The third-order valence-corrected chi connectivity index (χ3v) is 2.06. The van der Waals surface area contributed by atoms with Gasteiger partial charge in [0.25, 0.3) is 0 Å². The zero-order valence-corrected chi connectivity index (χ0v) is 8.06. The van der Waals surface area contributed by atoms with Crippen molar-refractivity contribution in [2.24, 2.45) is 0 Å². The van der Waals surface area contributed by atoms with Gasteiger partial charge in [-0.05, 0) is 12.1 Å². The summed E-state index contributed by atoms with van der Waals surface area (Å²) in [5, 5.41) is 4.83. The summed E-state index contributed by atoms with van der Waals surface area (Å²) in [5.74, 6) is 0. The number of ether oxygens (including phenoxy) is 2. The van der Waals surface area contributed by atoms with Crippen LogP contribution >= 0.6 is 0 Å². The van der Waals surface area contributed by atoms with Gasteiger partial charge in [0.2, 0.25) is 6.29 Å². The Hall–Kier alpha value is -1.39. The summed E-state index contributed by atoms with van der Waals surface area (Å²) in [6.07, 6.45) is -0.473. The average molecular weight is 193 g/mol. The van der Waals surface area contributed by atoms with Crippen LogP contribution in [0.3, 0.4) is 0 Å². The number of hydrogen-bond acceptors (Lipinski definition) is 4. The van der Waals surface area contributed by atoms with Crippen molar-refractivity contribution in [3.8, 4) is 0 Å². The van der Waals surface area contributed by atoms with Crippen molar-refractivity contribution in [2.75, 3.05) is 14.2 Å². The highest BCUT2D eigenvalue weighted by molar-refractivity contribution is 5.79. The van der Waals surface area contributed by atoms with Gasteiger partial charge in [-0.25, -0.2) is 0 Å². The van der Waals surface area contributed by atoms with E-state index < -0.39 is 6.29 Å². The van der Waals surface area contributed by atoms with Gasteiger partial charge < -0.3 is 14.0 Å². The molecule has 0 spiro atoms. The molecule has 0 N–H and O–H groups in total. The first kappa shape index (κ1) is 9.18. The van der Waals surface area contributed by atoms with E-state index >= 15 is 0 Å². The topological polar surface area (TPSA) is 44.5 Å².